The maximum atomic E-state index is 4.40. The number of aromatic nitrogens is 2. The molecule has 4 heteroatoms. The van der Waals surface area contributed by atoms with Crippen molar-refractivity contribution in [1.29, 1.82) is 0 Å². The van der Waals surface area contributed by atoms with Crippen LogP contribution in [-0.4, -0.2) is 17.0 Å². The van der Waals surface area contributed by atoms with Gasteiger partial charge in [-0.2, -0.15) is 0 Å². The zero-order chi connectivity index (χ0) is 12.4. The molecule has 0 bridgehead atoms. The molecular weight excluding hydrogens is 242 g/mol. The molecule has 1 aromatic carbocycles. The van der Waals surface area contributed by atoms with Gasteiger partial charge in [-0.3, -0.25) is 9.97 Å². The maximum absolute atomic E-state index is 4.40. The zero-order valence-electron chi connectivity index (χ0n) is 10.00. The second-order valence-electron chi connectivity index (χ2n) is 4.08. The highest BCUT2D eigenvalue weighted by Gasteiger charge is 2.13. The second kappa shape index (κ2) is 4.84. The van der Waals surface area contributed by atoms with Gasteiger partial charge in [-0.05, 0) is 24.7 Å². The number of pyridine rings is 1. The van der Waals surface area contributed by atoms with Crippen LogP contribution in [-0.2, 0) is 0 Å². The monoisotopic (exact) mass is 255 g/mol. The topological polar surface area (TPSA) is 37.8 Å². The van der Waals surface area contributed by atoms with Crippen LogP contribution in [0.1, 0.15) is 16.5 Å². The van der Waals surface area contributed by atoms with E-state index in [-0.39, 0.29) is 6.04 Å². The number of hydrogen-bond donors (Lipinski definition) is 1. The van der Waals surface area contributed by atoms with Crippen LogP contribution in [0.15, 0.2) is 48.2 Å². The van der Waals surface area contributed by atoms with Crippen molar-refractivity contribution in [1.82, 2.24) is 15.3 Å². The molecule has 3 nitrogen and oxygen atoms in total. The molecule has 3 aromatic rings. The Balaban J connectivity index is 2.07. The average Bonchev–Trinajstić information content (AvgIpc) is 2.93. The summed E-state index contributed by atoms with van der Waals surface area (Å²) in [5.74, 6) is 0. The van der Waals surface area contributed by atoms with Gasteiger partial charge in [0.15, 0.2) is 0 Å². The SMILES string of the molecule is CNC(c1ccc2cccnc2c1)c1cncs1. The van der Waals surface area contributed by atoms with Crippen molar-refractivity contribution < 1.29 is 0 Å². The minimum Gasteiger partial charge on any atom is -0.309 e. The molecule has 0 radical (unpaired) electrons. The smallest absolute Gasteiger partial charge is 0.0794 e. The van der Waals surface area contributed by atoms with Gasteiger partial charge >= 0.3 is 0 Å². The Morgan fingerprint density at radius 2 is 2.22 bits per heavy atom. The van der Waals surface area contributed by atoms with Gasteiger partial charge in [0.25, 0.3) is 0 Å². The summed E-state index contributed by atoms with van der Waals surface area (Å²) in [6.07, 6.45) is 3.74. The number of rotatable bonds is 3. The molecule has 2 aromatic heterocycles. The molecule has 0 spiro atoms. The summed E-state index contributed by atoms with van der Waals surface area (Å²) < 4.78 is 0. The Bertz CT molecular complexity index is 649. The predicted molar refractivity (Wildman–Crippen MR) is 74.8 cm³/mol. The summed E-state index contributed by atoms with van der Waals surface area (Å²) in [5.41, 5.74) is 4.10. The quantitative estimate of drug-likeness (QED) is 0.781. The Hall–Kier alpha value is -1.78. The summed E-state index contributed by atoms with van der Waals surface area (Å²) in [7, 11) is 1.97. The molecule has 2 heterocycles. The Morgan fingerprint density at radius 3 is 3.00 bits per heavy atom. The third kappa shape index (κ3) is 2.00. The van der Waals surface area contributed by atoms with E-state index in [0.717, 1.165) is 5.52 Å². The van der Waals surface area contributed by atoms with E-state index < -0.39 is 0 Å². The van der Waals surface area contributed by atoms with Gasteiger partial charge in [0.1, 0.15) is 0 Å². The number of hydrogen-bond acceptors (Lipinski definition) is 4. The Labute approximate surface area is 110 Å². The molecule has 90 valence electrons. The van der Waals surface area contributed by atoms with Crippen LogP contribution in [0.25, 0.3) is 10.9 Å². The van der Waals surface area contributed by atoms with Crippen molar-refractivity contribution in [3.8, 4) is 0 Å². The lowest BCUT2D eigenvalue weighted by atomic mass is 10.0. The molecule has 0 aliphatic heterocycles. The van der Waals surface area contributed by atoms with Crippen LogP contribution in [0.4, 0.5) is 0 Å². The third-order valence-electron chi connectivity index (χ3n) is 2.99. The third-order valence-corrected chi connectivity index (χ3v) is 3.83. The lowest BCUT2D eigenvalue weighted by molar-refractivity contribution is 0.703. The first-order valence-electron chi connectivity index (χ1n) is 5.79. The molecule has 0 aliphatic rings. The number of nitrogens with zero attached hydrogens (tertiary/aromatic N) is 2. The van der Waals surface area contributed by atoms with E-state index in [0.29, 0.717) is 0 Å². The highest BCUT2D eigenvalue weighted by Crippen LogP contribution is 2.26. The van der Waals surface area contributed by atoms with Crippen LogP contribution in [0.2, 0.25) is 0 Å². The Morgan fingerprint density at radius 1 is 1.28 bits per heavy atom. The molecular formula is C14H13N3S. The van der Waals surface area contributed by atoms with Gasteiger partial charge in [0.05, 0.1) is 17.1 Å². The van der Waals surface area contributed by atoms with E-state index in [1.54, 1.807) is 11.3 Å². The van der Waals surface area contributed by atoms with E-state index in [2.05, 4.69) is 39.6 Å². The zero-order valence-corrected chi connectivity index (χ0v) is 10.8. The molecule has 1 unspecified atom stereocenters. The summed E-state index contributed by atoms with van der Waals surface area (Å²) in [6, 6.07) is 10.6. The van der Waals surface area contributed by atoms with Gasteiger partial charge < -0.3 is 5.32 Å². The molecule has 1 atom stereocenters. The van der Waals surface area contributed by atoms with Gasteiger partial charge in [-0.15, -0.1) is 11.3 Å². The standard InChI is InChI=1S/C14H13N3S/c1-15-14(13-8-16-9-18-13)11-5-4-10-3-2-6-17-12(10)7-11/h2-9,14-15H,1H3. The van der Waals surface area contributed by atoms with E-state index in [9.17, 15) is 0 Å². The van der Waals surface area contributed by atoms with E-state index >= 15 is 0 Å². The Kier molecular flexibility index (Phi) is 3.04. The molecule has 0 amide bonds. The summed E-state index contributed by atoms with van der Waals surface area (Å²) in [6.45, 7) is 0. The minimum absolute atomic E-state index is 0.184. The maximum Gasteiger partial charge on any atom is 0.0794 e. The van der Waals surface area contributed by atoms with Crippen molar-refractivity contribution in [3.63, 3.8) is 0 Å². The highest BCUT2D eigenvalue weighted by atomic mass is 32.1. The first-order chi connectivity index (χ1) is 8.88. The fraction of sp³-hybridized carbons (Fsp3) is 0.143. The van der Waals surface area contributed by atoms with Crippen LogP contribution < -0.4 is 5.32 Å². The van der Waals surface area contributed by atoms with Crippen molar-refractivity contribution in [2.75, 3.05) is 7.05 Å². The summed E-state index contributed by atoms with van der Waals surface area (Å²) in [4.78, 5) is 9.76. The summed E-state index contributed by atoms with van der Waals surface area (Å²) >= 11 is 1.66. The number of nitrogens with one attached hydrogen (secondary N) is 1. The van der Waals surface area contributed by atoms with Crippen molar-refractivity contribution in [3.05, 3.63) is 58.7 Å². The highest BCUT2D eigenvalue weighted by molar-refractivity contribution is 7.09. The van der Waals surface area contributed by atoms with Crippen molar-refractivity contribution in [2.24, 2.45) is 0 Å². The average molecular weight is 255 g/mol. The number of thiazole rings is 1. The largest absolute Gasteiger partial charge is 0.309 e. The van der Waals surface area contributed by atoms with Gasteiger partial charge in [0.2, 0.25) is 0 Å². The van der Waals surface area contributed by atoms with Crippen LogP contribution in [0, 0.1) is 0 Å². The van der Waals surface area contributed by atoms with Crippen LogP contribution in [0.3, 0.4) is 0 Å². The summed E-state index contributed by atoms with van der Waals surface area (Å²) in [5, 5.41) is 4.50. The minimum atomic E-state index is 0.184. The molecule has 0 saturated carbocycles. The lowest BCUT2D eigenvalue weighted by Crippen LogP contribution is -2.16. The molecule has 18 heavy (non-hydrogen) atoms. The first-order valence-corrected chi connectivity index (χ1v) is 6.67. The van der Waals surface area contributed by atoms with Gasteiger partial charge in [0, 0.05) is 22.7 Å². The fourth-order valence-electron chi connectivity index (χ4n) is 2.10. The van der Waals surface area contributed by atoms with Crippen molar-refractivity contribution >= 4 is 22.2 Å². The molecule has 0 saturated heterocycles. The lowest BCUT2D eigenvalue weighted by Gasteiger charge is -2.14. The second-order valence-corrected chi connectivity index (χ2v) is 5.00. The predicted octanol–water partition coefficient (Wildman–Crippen LogP) is 3.00. The number of benzene rings is 1. The fourth-order valence-corrected chi connectivity index (χ4v) is 2.86. The van der Waals surface area contributed by atoms with Crippen LogP contribution >= 0.6 is 11.3 Å². The normalized spacial score (nSPS) is 12.7. The van der Waals surface area contributed by atoms with Gasteiger partial charge in [-0.1, -0.05) is 18.2 Å². The molecule has 0 fully saturated rings. The number of fused-ring (bicyclic) bond motifs is 1. The van der Waals surface area contributed by atoms with Gasteiger partial charge in [-0.25, -0.2) is 0 Å². The van der Waals surface area contributed by atoms with E-state index in [4.69, 9.17) is 0 Å². The first kappa shape index (κ1) is 11.3. The van der Waals surface area contributed by atoms with E-state index in [1.165, 1.54) is 15.8 Å². The molecule has 1 N–H and O–H groups in total. The molecule has 3 rings (SSSR count). The van der Waals surface area contributed by atoms with E-state index in [1.807, 2.05) is 31.0 Å². The van der Waals surface area contributed by atoms with Crippen LogP contribution in [0.5, 0.6) is 0 Å². The van der Waals surface area contributed by atoms with Crippen molar-refractivity contribution in [2.45, 2.75) is 6.04 Å². The molecule has 0 aliphatic carbocycles.